The Morgan fingerprint density at radius 2 is 1.88 bits per heavy atom. The first-order valence-electron chi connectivity index (χ1n) is 10.6. The summed E-state index contributed by atoms with van der Waals surface area (Å²) >= 11 is 0. The van der Waals surface area contributed by atoms with Crippen molar-refractivity contribution in [1.82, 2.24) is 4.98 Å². The van der Waals surface area contributed by atoms with Gasteiger partial charge in [0.1, 0.15) is 17.6 Å². The SMILES string of the molecule is CCc1cc(C(C)Nc2ccccc2C(=O)O)c2cc(-c3ccc(F)cc3)c(C#N)nc2c1. The minimum absolute atomic E-state index is 0.192. The van der Waals surface area contributed by atoms with E-state index in [4.69, 9.17) is 0 Å². The maximum Gasteiger partial charge on any atom is 0.337 e. The van der Waals surface area contributed by atoms with Gasteiger partial charge in [0.25, 0.3) is 0 Å². The molecule has 0 saturated heterocycles. The second-order valence-corrected chi connectivity index (χ2v) is 7.83. The minimum Gasteiger partial charge on any atom is -0.478 e. The number of carboxylic acids is 1. The van der Waals surface area contributed by atoms with Gasteiger partial charge in [-0.25, -0.2) is 14.2 Å². The number of nitriles is 1. The molecule has 3 aromatic carbocycles. The number of halogens is 1. The number of para-hydroxylation sites is 1. The molecule has 164 valence electrons. The first-order valence-corrected chi connectivity index (χ1v) is 10.6. The Labute approximate surface area is 191 Å². The Kier molecular flexibility index (Phi) is 6.05. The lowest BCUT2D eigenvalue weighted by Gasteiger charge is -2.20. The lowest BCUT2D eigenvalue weighted by molar-refractivity contribution is 0.0698. The highest BCUT2D eigenvalue weighted by Crippen LogP contribution is 2.33. The minimum atomic E-state index is -1.00. The molecule has 0 saturated carbocycles. The number of carbonyl (C=O) groups is 1. The van der Waals surface area contributed by atoms with Crippen molar-refractivity contribution in [3.05, 3.63) is 94.9 Å². The second kappa shape index (κ2) is 9.09. The molecule has 1 atom stereocenters. The van der Waals surface area contributed by atoms with Gasteiger partial charge in [0, 0.05) is 22.7 Å². The lowest BCUT2D eigenvalue weighted by atomic mass is 9.94. The first kappa shape index (κ1) is 22.0. The molecule has 4 aromatic rings. The average Bonchev–Trinajstić information content (AvgIpc) is 2.83. The van der Waals surface area contributed by atoms with Gasteiger partial charge < -0.3 is 10.4 Å². The van der Waals surface area contributed by atoms with Crippen LogP contribution in [-0.4, -0.2) is 16.1 Å². The van der Waals surface area contributed by atoms with E-state index in [1.807, 2.05) is 26.0 Å². The molecule has 0 bridgehead atoms. The summed E-state index contributed by atoms with van der Waals surface area (Å²) in [4.78, 5) is 16.3. The highest BCUT2D eigenvalue weighted by atomic mass is 19.1. The smallest absolute Gasteiger partial charge is 0.337 e. The number of pyridine rings is 1. The molecule has 5 nitrogen and oxygen atoms in total. The lowest BCUT2D eigenvalue weighted by Crippen LogP contribution is -2.12. The van der Waals surface area contributed by atoms with Crippen LogP contribution in [-0.2, 0) is 6.42 Å². The van der Waals surface area contributed by atoms with Crippen LogP contribution in [0.4, 0.5) is 10.1 Å². The normalized spacial score (nSPS) is 11.7. The number of hydrogen-bond donors (Lipinski definition) is 2. The van der Waals surface area contributed by atoms with Crippen molar-refractivity contribution >= 4 is 22.6 Å². The third-order valence-corrected chi connectivity index (χ3v) is 5.69. The van der Waals surface area contributed by atoms with Gasteiger partial charge in [0.05, 0.1) is 11.1 Å². The molecule has 0 spiro atoms. The van der Waals surface area contributed by atoms with E-state index in [9.17, 15) is 19.6 Å². The molecule has 1 aromatic heterocycles. The standard InChI is InChI=1S/C27H22FN3O2/c1-3-17-12-21(16(2)30-24-7-5-4-6-20(24)27(32)33)23-14-22(18-8-10-19(28)11-9-18)26(15-29)31-25(23)13-17/h4-14,16,30H,3H2,1-2H3,(H,32,33). The van der Waals surface area contributed by atoms with Crippen molar-refractivity contribution in [3.63, 3.8) is 0 Å². The van der Waals surface area contributed by atoms with E-state index >= 15 is 0 Å². The largest absolute Gasteiger partial charge is 0.478 e. The van der Waals surface area contributed by atoms with Gasteiger partial charge in [-0.2, -0.15) is 5.26 Å². The van der Waals surface area contributed by atoms with Gasteiger partial charge in [0.15, 0.2) is 0 Å². The van der Waals surface area contributed by atoms with Crippen molar-refractivity contribution < 1.29 is 14.3 Å². The van der Waals surface area contributed by atoms with Crippen LogP contribution >= 0.6 is 0 Å². The zero-order chi connectivity index (χ0) is 23.5. The Hall–Kier alpha value is -4.24. The topological polar surface area (TPSA) is 86.0 Å². The summed E-state index contributed by atoms with van der Waals surface area (Å²) in [7, 11) is 0. The van der Waals surface area contributed by atoms with Crippen LogP contribution in [0.5, 0.6) is 0 Å². The van der Waals surface area contributed by atoms with Crippen molar-refractivity contribution in [3.8, 4) is 17.2 Å². The fourth-order valence-corrected chi connectivity index (χ4v) is 3.97. The Morgan fingerprint density at radius 1 is 1.15 bits per heavy atom. The highest BCUT2D eigenvalue weighted by molar-refractivity contribution is 5.94. The van der Waals surface area contributed by atoms with Crippen molar-refractivity contribution in [1.29, 1.82) is 5.26 Å². The molecule has 1 heterocycles. The fourth-order valence-electron chi connectivity index (χ4n) is 3.97. The average molecular weight is 439 g/mol. The number of carboxylic acid groups (broad SMARTS) is 1. The molecular weight excluding hydrogens is 417 g/mol. The van der Waals surface area contributed by atoms with E-state index in [2.05, 4.69) is 22.4 Å². The molecule has 4 rings (SSSR count). The monoisotopic (exact) mass is 439 g/mol. The van der Waals surface area contributed by atoms with Crippen LogP contribution in [0.2, 0.25) is 0 Å². The number of anilines is 1. The Balaban J connectivity index is 1.88. The summed E-state index contributed by atoms with van der Waals surface area (Å²) < 4.78 is 13.5. The number of hydrogen-bond acceptors (Lipinski definition) is 4. The molecule has 33 heavy (non-hydrogen) atoms. The fraction of sp³-hybridized carbons (Fsp3) is 0.148. The summed E-state index contributed by atoms with van der Waals surface area (Å²) in [5, 5.41) is 23.4. The number of aromatic carboxylic acids is 1. The molecule has 0 aliphatic carbocycles. The molecule has 6 heteroatoms. The maximum atomic E-state index is 13.5. The Bertz CT molecular complexity index is 1390. The number of nitrogens with zero attached hydrogens (tertiary/aromatic N) is 2. The van der Waals surface area contributed by atoms with Crippen LogP contribution < -0.4 is 5.32 Å². The second-order valence-electron chi connectivity index (χ2n) is 7.83. The number of aromatic nitrogens is 1. The van der Waals surface area contributed by atoms with Crippen LogP contribution in [0.3, 0.4) is 0 Å². The van der Waals surface area contributed by atoms with Crippen molar-refractivity contribution in [2.75, 3.05) is 5.32 Å². The molecular formula is C27H22FN3O2. The van der Waals surface area contributed by atoms with Crippen LogP contribution in [0.25, 0.3) is 22.0 Å². The zero-order valence-corrected chi connectivity index (χ0v) is 18.3. The van der Waals surface area contributed by atoms with Crippen LogP contribution in [0.15, 0.2) is 66.7 Å². The number of benzene rings is 3. The van der Waals surface area contributed by atoms with E-state index in [0.717, 1.165) is 22.9 Å². The van der Waals surface area contributed by atoms with Crippen molar-refractivity contribution in [2.24, 2.45) is 0 Å². The first-order chi connectivity index (χ1) is 15.9. The zero-order valence-electron chi connectivity index (χ0n) is 18.3. The van der Waals surface area contributed by atoms with E-state index in [-0.39, 0.29) is 23.1 Å². The molecule has 0 aliphatic heterocycles. The van der Waals surface area contributed by atoms with Gasteiger partial charge in [-0.15, -0.1) is 0 Å². The van der Waals surface area contributed by atoms with Crippen molar-refractivity contribution in [2.45, 2.75) is 26.3 Å². The molecule has 0 aliphatic rings. The Morgan fingerprint density at radius 3 is 2.55 bits per heavy atom. The van der Waals surface area contributed by atoms with Gasteiger partial charge in [-0.05, 0) is 66.4 Å². The molecule has 0 amide bonds. The van der Waals surface area contributed by atoms with Gasteiger partial charge in [-0.1, -0.05) is 37.3 Å². The summed E-state index contributed by atoms with van der Waals surface area (Å²) in [6.45, 7) is 4.00. The van der Waals surface area contributed by atoms with E-state index in [1.165, 1.54) is 12.1 Å². The van der Waals surface area contributed by atoms with Gasteiger partial charge >= 0.3 is 5.97 Å². The highest BCUT2D eigenvalue weighted by Gasteiger charge is 2.18. The molecule has 0 radical (unpaired) electrons. The summed E-state index contributed by atoms with van der Waals surface area (Å²) in [6.07, 6.45) is 0.782. The van der Waals surface area contributed by atoms with E-state index in [1.54, 1.807) is 36.4 Å². The third-order valence-electron chi connectivity index (χ3n) is 5.69. The predicted molar refractivity (Wildman–Crippen MR) is 127 cm³/mol. The van der Waals surface area contributed by atoms with Crippen LogP contribution in [0, 0.1) is 17.1 Å². The quantitative estimate of drug-likeness (QED) is 0.366. The molecule has 0 fully saturated rings. The summed E-state index contributed by atoms with van der Waals surface area (Å²) in [5.41, 5.74) is 4.98. The predicted octanol–water partition coefficient (Wildman–Crippen LogP) is 6.35. The van der Waals surface area contributed by atoms with E-state index in [0.29, 0.717) is 22.3 Å². The molecule has 2 N–H and O–H groups in total. The van der Waals surface area contributed by atoms with E-state index < -0.39 is 5.97 Å². The van der Waals surface area contributed by atoms with Crippen LogP contribution in [0.1, 0.15) is 47.1 Å². The third kappa shape index (κ3) is 4.39. The molecule has 1 unspecified atom stereocenters. The number of nitrogens with one attached hydrogen (secondary N) is 1. The maximum absolute atomic E-state index is 13.5. The van der Waals surface area contributed by atoms with Gasteiger partial charge in [-0.3, -0.25) is 0 Å². The number of aryl methyl sites for hydroxylation is 1. The summed E-state index contributed by atoms with van der Waals surface area (Å²) in [6, 6.07) is 20.6. The number of fused-ring (bicyclic) bond motifs is 1. The van der Waals surface area contributed by atoms with Gasteiger partial charge in [0.2, 0.25) is 0 Å². The number of rotatable bonds is 6. The summed E-state index contributed by atoms with van der Waals surface area (Å²) in [5.74, 6) is -1.36.